The molecule has 0 radical (unpaired) electrons. The van der Waals surface area contributed by atoms with E-state index in [-0.39, 0.29) is 5.60 Å². The Hall–Kier alpha value is -1.02. The van der Waals surface area contributed by atoms with Gasteiger partial charge in [-0.2, -0.15) is 0 Å². The van der Waals surface area contributed by atoms with Crippen molar-refractivity contribution in [2.75, 3.05) is 19.6 Å². The first-order valence-corrected chi connectivity index (χ1v) is 7.53. The van der Waals surface area contributed by atoms with Crippen molar-refractivity contribution in [3.05, 3.63) is 29.8 Å². The summed E-state index contributed by atoms with van der Waals surface area (Å²) in [6.07, 6.45) is 5.21. The monoisotopic (exact) mass is 261 g/mol. The van der Waals surface area contributed by atoms with Crippen molar-refractivity contribution in [3.8, 4) is 5.75 Å². The largest absolute Gasteiger partial charge is 0.488 e. The van der Waals surface area contributed by atoms with Crippen LogP contribution in [-0.4, -0.2) is 30.1 Å². The first-order valence-electron chi connectivity index (χ1n) is 7.53. The summed E-state index contributed by atoms with van der Waals surface area (Å²) in [5.41, 5.74) is 1.30. The molecule has 1 fully saturated rings. The number of rotatable bonds is 5. The van der Waals surface area contributed by atoms with Crippen molar-refractivity contribution in [2.45, 2.75) is 52.1 Å². The van der Waals surface area contributed by atoms with Gasteiger partial charge in [0.05, 0.1) is 0 Å². The molecule has 1 saturated heterocycles. The second kappa shape index (κ2) is 6.42. The highest BCUT2D eigenvalue weighted by Crippen LogP contribution is 2.19. The van der Waals surface area contributed by atoms with Gasteiger partial charge < -0.3 is 9.64 Å². The summed E-state index contributed by atoms with van der Waals surface area (Å²) in [6.45, 7) is 10.1. The van der Waals surface area contributed by atoms with Crippen LogP contribution in [0.1, 0.15) is 45.6 Å². The van der Waals surface area contributed by atoms with E-state index in [2.05, 4.69) is 49.9 Å². The molecule has 106 valence electrons. The number of nitrogens with zero attached hydrogens (tertiary/aromatic N) is 1. The smallest absolute Gasteiger partial charge is 0.120 e. The summed E-state index contributed by atoms with van der Waals surface area (Å²) in [4.78, 5) is 2.58. The van der Waals surface area contributed by atoms with Crippen LogP contribution in [0.15, 0.2) is 24.3 Å². The normalized spacial score (nSPS) is 16.8. The third-order valence-electron chi connectivity index (χ3n) is 3.49. The van der Waals surface area contributed by atoms with Gasteiger partial charge >= 0.3 is 0 Å². The molecule has 0 atom stereocenters. The van der Waals surface area contributed by atoms with Gasteiger partial charge in [0.1, 0.15) is 11.4 Å². The van der Waals surface area contributed by atoms with E-state index in [0.717, 1.165) is 5.75 Å². The second-order valence-corrected chi connectivity index (χ2v) is 6.51. The number of hydrogen-bond donors (Lipinski definition) is 0. The second-order valence-electron chi connectivity index (χ2n) is 6.51. The predicted molar refractivity (Wildman–Crippen MR) is 80.8 cm³/mol. The van der Waals surface area contributed by atoms with E-state index in [1.807, 2.05) is 0 Å². The topological polar surface area (TPSA) is 12.5 Å². The minimum atomic E-state index is -0.114. The van der Waals surface area contributed by atoms with E-state index in [4.69, 9.17) is 4.74 Å². The zero-order valence-electron chi connectivity index (χ0n) is 12.6. The number of hydrogen-bond acceptors (Lipinski definition) is 2. The maximum absolute atomic E-state index is 5.83. The Morgan fingerprint density at radius 1 is 1.05 bits per heavy atom. The van der Waals surface area contributed by atoms with Gasteiger partial charge in [-0.25, -0.2) is 0 Å². The van der Waals surface area contributed by atoms with E-state index in [9.17, 15) is 0 Å². The zero-order chi connectivity index (χ0) is 13.7. The molecule has 1 heterocycles. The van der Waals surface area contributed by atoms with Gasteiger partial charge in [0.15, 0.2) is 0 Å². The molecule has 1 aromatic rings. The van der Waals surface area contributed by atoms with Crippen LogP contribution in [0.2, 0.25) is 0 Å². The van der Waals surface area contributed by atoms with Crippen LogP contribution in [0.3, 0.4) is 0 Å². The third-order valence-corrected chi connectivity index (χ3v) is 3.49. The first kappa shape index (κ1) is 14.4. The highest BCUT2D eigenvalue weighted by molar-refractivity contribution is 5.27. The summed E-state index contributed by atoms with van der Waals surface area (Å²) in [7, 11) is 0. The average molecular weight is 261 g/mol. The van der Waals surface area contributed by atoms with Gasteiger partial charge in [-0.3, -0.25) is 0 Å². The summed E-state index contributed by atoms with van der Waals surface area (Å²) in [5, 5.41) is 0. The van der Waals surface area contributed by atoms with Crippen LogP contribution in [-0.2, 0) is 6.42 Å². The van der Waals surface area contributed by atoms with E-state index >= 15 is 0 Å². The van der Waals surface area contributed by atoms with Gasteiger partial charge in [0.2, 0.25) is 0 Å². The van der Waals surface area contributed by atoms with Crippen molar-refractivity contribution in [2.24, 2.45) is 0 Å². The van der Waals surface area contributed by atoms with Gasteiger partial charge in [-0.1, -0.05) is 12.1 Å². The quantitative estimate of drug-likeness (QED) is 0.797. The Bertz CT molecular complexity index is 371. The van der Waals surface area contributed by atoms with Crippen molar-refractivity contribution in [1.29, 1.82) is 0 Å². The van der Waals surface area contributed by atoms with Gasteiger partial charge in [-0.05, 0) is 83.8 Å². The predicted octanol–water partition coefficient (Wildman–Crippen LogP) is 3.89. The molecule has 1 aliphatic rings. The summed E-state index contributed by atoms with van der Waals surface area (Å²) < 4.78 is 5.83. The Balaban J connectivity index is 1.75. The van der Waals surface area contributed by atoms with Crippen LogP contribution in [0.5, 0.6) is 5.75 Å². The molecule has 2 heteroatoms. The van der Waals surface area contributed by atoms with Crippen LogP contribution in [0.25, 0.3) is 0 Å². The van der Waals surface area contributed by atoms with Crippen molar-refractivity contribution in [3.63, 3.8) is 0 Å². The SMILES string of the molecule is CC(C)(C)Oc1ccc(CCCN2CCCC2)cc1. The molecule has 2 rings (SSSR count). The molecule has 19 heavy (non-hydrogen) atoms. The average Bonchev–Trinajstić information content (AvgIpc) is 2.82. The van der Waals surface area contributed by atoms with Crippen LogP contribution >= 0.6 is 0 Å². The molecule has 2 nitrogen and oxygen atoms in total. The lowest BCUT2D eigenvalue weighted by atomic mass is 10.1. The molecule has 0 spiro atoms. The molecule has 0 N–H and O–H groups in total. The molecule has 1 aliphatic heterocycles. The fourth-order valence-electron chi connectivity index (χ4n) is 2.59. The van der Waals surface area contributed by atoms with Crippen molar-refractivity contribution < 1.29 is 4.74 Å². The Morgan fingerprint density at radius 3 is 2.26 bits per heavy atom. The number of likely N-dealkylation sites (tertiary alicyclic amines) is 1. The first-order chi connectivity index (χ1) is 9.03. The highest BCUT2D eigenvalue weighted by Gasteiger charge is 2.12. The molecule has 0 saturated carbocycles. The standard InChI is InChI=1S/C17H27NO/c1-17(2,3)19-16-10-8-15(9-11-16)7-6-14-18-12-4-5-13-18/h8-11H,4-7,12-14H2,1-3H3. The van der Waals surface area contributed by atoms with Crippen molar-refractivity contribution >= 4 is 0 Å². The Morgan fingerprint density at radius 2 is 1.68 bits per heavy atom. The maximum atomic E-state index is 5.83. The van der Waals surface area contributed by atoms with E-state index in [1.165, 1.54) is 50.9 Å². The molecule has 0 aromatic heterocycles. The van der Waals surface area contributed by atoms with Crippen molar-refractivity contribution in [1.82, 2.24) is 4.90 Å². The summed E-state index contributed by atoms with van der Waals surface area (Å²) in [5.74, 6) is 0.968. The summed E-state index contributed by atoms with van der Waals surface area (Å²) >= 11 is 0. The van der Waals surface area contributed by atoms with E-state index in [1.54, 1.807) is 0 Å². The van der Waals surface area contributed by atoms with Gasteiger partial charge in [0, 0.05) is 0 Å². The molecular formula is C17H27NO. The molecule has 0 unspecified atom stereocenters. The zero-order valence-corrected chi connectivity index (χ0v) is 12.6. The third kappa shape index (κ3) is 5.23. The molecule has 0 aliphatic carbocycles. The minimum Gasteiger partial charge on any atom is -0.488 e. The number of ether oxygens (including phenoxy) is 1. The molecule has 1 aromatic carbocycles. The lowest BCUT2D eigenvalue weighted by Crippen LogP contribution is -2.22. The number of benzene rings is 1. The van der Waals surface area contributed by atoms with Crippen LogP contribution < -0.4 is 4.74 Å². The van der Waals surface area contributed by atoms with Gasteiger partial charge in [0.25, 0.3) is 0 Å². The molecule has 0 bridgehead atoms. The van der Waals surface area contributed by atoms with E-state index in [0.29, 0.717) is 0 Å². The lowest BCUT2D eigenvalue weighted by Gasteiger charge is -2.21. The summed E-state index contributed by atoms with van der Waals surface area (Å²) in [6, 6.07) is 8.59. The Kier molecular flexibility index (Phi) is 4.87. The highest BCUT2D eigenvalue weighted by atomic mass is 16.5. The van der Waals surface area contributed by atoms with E-state index < -0.39 is 0 Å². The molecule has 0 amide bonds. The van der Waals surface area contributed by atoms with Crippen LogP contribution in [0.4, 0.5) is 0 Å². The maximum Gasteiger partial charge on any atom is 0.120 e. The van der Waals surface area contributed by atoms with Crippen LogP contribution in [0, 0.1) is 0 Å². The lowest BCUT2D eigenvalue weighted by molar-refractivity contribution is 0.131. The molecular weight excluding hydrogens is 234 g/mol. The fourth-order valence-corrected chi connectivity index (χ4v) is 2.59. The van der Waals surface area contributed by atoms with Gasteiger partial charge in [-0.15, -0.1) is 0 Å². The minimum absolute atomic E-state index is 0.114. The Labute approximate surface area is 117 Å². The fraction of sp³-hybridized carbons (Fsp3) is 0.647. The number of aryl methyl sites for hydroxylation is 1.